The molecule has 2 aromatic heterocycles. The minimum atomic E-state index is 0.145. The Morgan fingerprint density at radius 1 is 1.30 bits per heavy atom. The lowest BCUT2D eigenvalue weighted by Gasteiger charge is -2.33. The van der Waals surface area contributed by atoms with Crippen LogP contribution >= 0.6 is 0 Å². The molecule has 6 heteroatoms. The molecule has 3 heterocycles. The predicted octanol–water partition coefficient (Wildman–Crippen LogP) is 1.60. The van der Waals surface area contributed by atoms with Gasteiger partial charge in [0.05, 0.1) is 12.0 Å². The Labute approximate surface area is 116 Å². The Morgan fingerprint density at radius 2 is 2.10 bits per heavy atom. The summed E-state index contributed by atoms with van der Waals surface area (Å²) >= 11 is 0. The van der Waals surface area contributed by atoms with Gasteiger partial charge in [-0.2, -0.15) is 0 Å². The Kier molecular flexibility index (Phi) is 3.56. The molecule has 106 valence electrons. The van der Waals surface area contributed by atoms with Gasteiger partial charge in [0, 0.05) is 45.7 Å². The van der Waals surface area contributed by atoms with Gasteiger partial charge in [-0.05, 0) is 12.1 Å². The number of piperazine rings is 1. The highest BCUT2D eigenvalue weighted by atomic mass is 16.5. The SMILES string of the molecule is CC(=O)N1CCN(Cc2cc(-c3ccco3)on2)CC1. The van der Waals surface area contributed by atoms with Crippen molar-refractivity contribution in [3.8, 4) is 11.5 Å². The fraction of sp³-hybridized carbons (Fsp3) is 0.429. The van der Waals surface area contributed by atoms with Crippen molar-refractivity contribution in [3.05, 3.63) is 30.2 Å². The smallest absolute Gasteiger partial charge is 0.219 e. The third kappa shape index (κ3) is 2.75. The fourth-order valence-corrected chi connectivity index (χ4v) is 2.37. The summed E-state index contributed by atoms with van der Waals surface area (Å²) in [4.78, 5) is 15.4. The highest BCUT2D eigenvalue weighted by molar-refractivity contribution is 5.73. The van der Waals surface area contributed by atoms with Gasteiger partial charge in [0.2, 0.25) is 11.7 Å². The van der Waals surface area contributed by atoms with Crippen LogP contribution in [0.5, 0.6) is 0 Å². The maximum absolute atomic E-state index is 11.3. The largest absolute Gasteiger partial charge is 0.461 e. The molecule has 0 atom stereocenters. The molecule has 0 bridgehead atoms. The van der Waals surface area contributed by atoms with E-state index in [0.717, 1.165) is 38.4 Å². The van der Waals surface area contributed by atoms with Crippen molar-refractivity contribution in [3.63, 3.8) is 0 Å². The first kappa shape index (κ1) is 12.9. The van der Waals surface area contributed by atoms with Gasteiger partial charge in [-0.15, -0.1) is 0 Å². The van der Waals surface area contributed by atoms with Crippen molar-refractivity contribution in [1.29, 1.82) is 0 Å². The molecule has 3 rings (SSSR count). The van der Waals surface area contributed by atoms with Crippen molar-refractivity contribution >= 4 is 5.91 Å². The molecule has 2 aromatic rings. The Balaban J connectivity index is 1.58. The van der Waals surface area contributed by atoms with E-state index in [1.807, 2.05) is 23.1 Å². The van der Waals surface area contributed by atoms with Crippen molar-refractivity contribution in [2.75, 3.05) is 26.2 Å². The molecular weight excluding hydrogens is 258 g/mol. The Hall–Kier alpha value is -2.08. The first-order valence-electron chi connectivity index (χ1n) is 6.70. The zero-order chi connectivity index (χ0) is 13.9. The monoisotopic (exact) mass is 275 g/mol. The quantitative estimate of drug-likeness (QED) is 0.851. The van der Waals surface area contributed by atoms with Gasteiger partial charge in [0.1, 0.15) is 0 Å². The summed E-state index contributed by atoms with van der Waals surface area (Å²) in [5.41, 5.74) is 0.882. The number of carbonyl (C=O) groups excluding carboxylic acids is 1. The first-order valence-corrected chi connectivity index (χ1v) is 6.70. The van der Waals surface area contributed by atoms with Crippen LogP contribution in [0.3, 0.4) is 0 Å². The van der Waals surface area contributed by atoms with Crippen molar-refractivity contribution in [1.82, 2.24) is 15.0 Å². The van der Waals surface area contributed by atoms with E-state index < -0.39 is 0 Å². The molecule has 1 fully saturated rings. The van der Waals surface area contributed by atoms with Gasteiger partial charge in [-0.1, -0.05) is 5.16 Å². The maximum Gasteiger partial charge on any atom is 0.219 e. The van der Waals surface area contributed by atoms with Gasteiger partial charge in [0.25, 0.3) is 0 Å². The van der Waals surface area contributed by atoms with Crippen LogP contribution in [0, 0.1) is 0 Å². The average molecular weight is 275 g/mol. The molecule has 20 heavy (non-hydrogen) atoms. The lowest BCUT2D eigenvalue weighted by atomic mass is 10.2. The molecule has 1 aliphatic rings. The summed E-state index contributed by atoms with van der Waals surface area (Å²) in [6.07, 6.45) is 1.61. The second-order valence-electron chi connectivity index (χ2n) is 4.94. The van der Waals surface area contributed by atoms with Crippen molar-refractivity contribution < 1.29 is 13.7 Å². The normalized spacial score (nSPS) is 16.6. The molecule has 0 unspecified atom stereocenters. The topological polar surface area (TPSA) is 62.7 Å². The van der Waals surface area contributed by atoms with E-state index in [-0.39, 0.29) is 5.91 Å². The maximum atomic E-state index is 11.3. The number of nitrogens with zero attached hydrogens (tertiary/aromatic N) is 3. The average Bonchev–Trinajstić information content (AvgIpc) is 3.09. The number of rotatable bonds is 3. The van der Waals surface area contributed by atoms with E-state index in [2.05, 4.69) is 10.1 Å². The molecule has 1 amide bonds. The molecule has 0 N–H and O–H groups in total. The highest BCUT2D eigenvalue weighted by Crippen LogP contribution is 2.21. The standard InChI is InChI=1S/C14H17N3O3/c1-11(18)17-6-4-16(5-7-17)10-12-9-14(20-15-12)13-3-2-8-19-13/h2-3,8-9H,4-7,10H2,1H3. The van der Waals surface area contributed by atoms with Crippen LogP contribution in [0.1, 0.15) is 12.6 Å². The molecular formula is C14H17N3O3. The molecule has 0 saturated carbocycles. The number of aromatic nitrogens is 1. The van der Waals surface area contributed by atoms with Crippen LogP contribution in [0.25, 0.3) is 11.5 Å². The lowest BCUT2D eigenvalue weighted by molar-refractivity contribution is -0.130. The molecule has 0 spiro atoms. The minimum absolute atomic E-state index is 0.145. The van der Waals surface area contributed by atoms with E-state index in [9.17, 15) is 4.79 Å². The van der Waals surface area contributed by atoms with Crippen molar-refractivity contribution in [2.24, 2.45) is 0 Å². The zero-order valence-corrected chi connectivity index (χ0v) is 11.4. The highest BCUT2D eigenvalue weighted by Gasteiger charge is 2.20. The van der Waals surface area contributed by atoms with Crippen LogP contribution in [-0.2, 0) is 11.3 Å². The third-order valence-corrected chi connectivity index (χ3v) is 3.53. The van der Waals surface area contributed by atoms with Crippen LogP contribution < -0.4 is 0 Å². The second kappa shape index (κ2) is 5.50. The van der Waals surface area contributed by atoms with Gasteiger partial charge >= 0.3 is 0 Å². The van der Waals surface area contributed by atoms with E-state index in [1.54, 1.807) is 13.2 Å². The minimum Gasteiger partial charge on any atom is -0.461 e. The summed E-state index contributed by atoms with van der Waals surface area (Å²) in [5, 5.41) is 4.06. The second-order valence-corrected chi connectivity index (χ2v) is 4.94. The van der Waals surface area contributed by atoms with Crippen LogP contribution in [0.4, 0.5) is 0 Å². The molecule has 6 nitrogen and oxygen atoms in total. The molecule has 1 aliphatic heterocycles. The zero-order valence-electron chi connectivity index (χ0n) is 11.4. The molecule has 0 aliphatic carbocycles. The van der Waals surface area contributed by atoms with Crippen molar-refractivity contribution in [2.45, 2.75) is 13.5 Å². The van der Waals surface area contributed by atoms with Gasteiger partial charge in [-0.25, -0.2) is 0 Å². The van der Waals surface area contributed by atoms with E-state index in [1.165, 1.54) is 0 Å². The molecule has 0 aromatic carbocycles. The molecule has 0 radical (unpaired) electrons. The Morgan fingerprint density at radius 3 is 2.75 bits per heavy atom. The van der Waals surface area contributed by atoms with Gasteiger partial charge in [0.15, 0.2) is 5.76 Å². The fourth-order valence-electron chi connectivity index (χ4n) is 2.37. The summed E-state index contributed by atoms with van der Waals surface area (Å²) < 4.78 is 10.5. The van der Waals surface area contributed by atoms with Crippen LogP contribution in [0.2, 0.25) is 0 Å². The van der Waals surface area contributed by atoms with E-state index in [4.69, 9.17) is 8.94 Å². The van der Waals surface area contributed by atoms with E-state index in [0.29, 0.717) is 11.5 Å². The van der Waals surface area contributed by atoms with Gasteiger partial charge in [-0.3, -0.25) is 9.69 Å². The summed E-state index contributed by atoms with van der Waals surface area (Å²) in [6.45, 7) is 5.63. The number of hydrogen-bond donors (Lipinski definition) is 0. The number of hydrogen-bond acceptors (Lipinski definition) is 5. The number of furan rings is 1. The van der Waals surface area contributed by atoms with Crippen LogP contribution in [-0.4, -0.2) is 47.0 Å². The lowest BCUT2D eigenvalue weighted by Crippen LogP contribution is -2.47. The Bertz CT molecular complexity index is 568. The molecule has 1 saturated heterocycles. The number of amides is 1. The first-order chi connectivity index (χ1) is 9.72. The third-order valence-electron chi connectivity index (χ3n) is 3.53. The number of carbonyl (C=O) groups is 1. The van der Waals surface area contributed by atoms with Crippen LogP contribution in [0.15, 0.2) is 33.4 Å². The predicted molar refractivity (Wildman–Crippen MR) is 71.7 cm³/mol. The van der Waals surface area contributed by atoms with E-state index >= 15 is 0 Å². The van der Waals surface area contributed by atoms with Gasteiger partial charge < -0.3 is 13.8 Å². The summed E-state index contributed by atoms with van der Waals surface area (Å²) in [7, 11) is 0. The summed E-state index contributed by atoms with van der Waals surface area (Å²) in [5.74, 6) is 1.48. The summed E-state index contributed by atoms with van der Waals surface area (Å²) in [6, 6.07) is 5.56.